The van der Waals surface area contributed by atoms with E-state index in [9.17, 15) is 21.2 Å². The summed E-state index contributed by atoms with van der Waals surface area (Å²) in [6, 6.07) is 11.5. The van der Waals surface area contributed by atoms with Gasteiger partial charge in [-0.05, 0) is 35.9 Å². The molecule has 0 unspecified atom stereocenters. The first-order chi connectivity index (χ1) is 12.6. The maximum Gasteiger partial charge on any atom is 0.238 e. The number of sulfone groups is 1. The molecule has 0 heterocycles. The molecule has 28 heavy (non-hydrogen) atoms. The minimum Gasteiger partial charge on any atom is -0.488 e. The quantitative estimate of drug-likeness (QED) is 0.631. The van der Waals surface area contributed by atoms with E-state index in [0.29, 0.717) is 5.56 Å². The molecule has 0 saturated heterocycles. The van der Waals surface area contributed by atoms with Crippen LogP contribution in [0.3, 0.4) is 0 Å². The molecular formula is C17H20ClFN2O5S2. The maximum atomic E-state index is 13.6. The van der Waals surface area contributed by atoms with Gasteiger partial charge >= 0.3 is 0 Å². The van der Waals surface area contributed by atoms with Gasteiger partial charge in [-0.25, -0.2) is 26.4 Å². The van der Waals surface area contributed by atoms with Crippen LogP contribution in [0.4, 0.5) is 4.39 Å². The van der Waals surface area contributed by atoms with Gasteiger partial charge in [-0.2, -0.15) is 0 Å². The third kappa shape index (κ3) is 6.57. The Kier molecular flexibility index (Phi) is 8.58. The van der Waals surface area contributed by atoms with Gasteiger partial charge in [0.25, 0.3) is 0 Å². The first kappa shape index (κ1) is 24.1. The molecule has 2 aromatic carbocycles. The topological polar surface area (TPSA) is 130 Å². The van der Waals surface area contributed by atoms with Gasteiger partial charge in [-0.3, -0.25) is 0 Å². The Labute approximate surface area is 169 Å². The van der Waals surface area contributed by atoms with E-state index in [-0.39, 0.29) is 41.1 Å². The van der Waals surface area contributed by atoms with E-state index >= 15 is 0 Å². The number of sulfonamides is 1. The minimum absolute atomic E-state index is 0. The number of halogens is 2. The predicted octanol–water partition coefficient (Wildman–Crippen LogP) is 1.92. The summed E-state index contributed by atoms with van der Waals surface area (Å²) in [6.07, 6.45) is 0.994. The zero-order valence-corrected chi connectivity index (χ0v) is 17.1. The zero-order valence-electron chi connectivity index (χ0n) is 14.6. The largest absolute Gasteiger partial charge is 0.488 e. The first-order valence-corrected chi connectivity index (χ1v) is 10.9. The predicted molar refractivity (Wildman–Crippen MR) is 106 cm³/mol. The average molecular weight is 451 g/mol. The van der Waals surface area contributed by atoms with Crippen molar-refractivity contribution in [1.29, 1.82) is 0 Å². The van der Waals surface area contributed by atoms with Gasteiger partial charge in [0.05, 0.1) is 4.90 Å². The van der Waals surface area contributed by atoms with Gasteiger partial charge in [0, 0.05) is 6.54 Å². The van der Waals surface area contributed by atoms with E-state index in [0.717, 1.165) is 6.08 Å². The Hall–Kier alpha value is -1.98. The third-order valence-electron chi connectivity index (χ3n) is 3.50. The Morgan fingerprint density at radius 2 is 1.64 bits per heavy atom. The molecule has 0 bridgehead atoms. The van der Waals surface area contributed by atoms with E-state index in [1.54, 1.807) is 6.07 Å². The molecule has 0 amide bonds. The van der Waals surface area contributed by atoms with Gasteiger partial charge in [0.2, 0.25) is 10.0 Å². The summed E-state index contributed by atoms with van der Waals surface area (Å²) in [5, 5.41) is 5.03. The highest BCUT2D eigenvalue weighted by Crippen LogP contribution is 2.26. The van der Waals surface area contributed by atoms with E-state index in [2.05, 4.69) is 0 Å². The van der Waals surface area contributed by atoms with Crippen LogP contribution in [-0.4, -0.2) is 29.1 Å². The zero-order chi connectivity index (χ0) is 20.1. The van der Waals surface area contributed by atoms with Crippen molar-refractivity contribution in [2.24, 2.45) is 10.9 Å². The lowest BCUT2D eigenvalue weighted by molar-refractivity contribution is 0.298. The SMILES string of the molecule is Cl.NCC=C(F)CS(=O)(=O)c1ccccc1OCc1ccc(S(N)(=O)=O)cc1. The van der Waals surface area contributed by atoms with Crippen molar-refractivity contribution in [2.45, 2.75) is 16.4 Å². The molecule has 0 atom stereocenters. The Balaban J connectivity index is 0.00000392. The fourth-order valence-electron chi connectivity index (χ4n) is 2.21. The molecule has 154 valence electrons. The summed E-state index contributed by atoms with van der Waals surface area (Å²) in [7, 11) is -7.76. The van der Waals surface area contributed by atoms with E-state index in [1.807, 2.05) is 0 Å². The number of ether oxygens (including phenoxy) is 1. The number of benzene rings is 2. The second kappa shape index (κ2) is 9.99. The lowest BCUT2D eigenvalue weighted by Gasteiger charge is -2.12. The van der Waals surface area contributed by atoms with Gasteiger partial charge in [-0.1, -0.05) is 24.3 Å². The normalized spacial score (nSPS) is 12.3. The maximum absolute atomic E-state index is 13.6. The smallest absolute Gasteiger partial charge is 0.238 e. The molecule has 0 radical (unpaired) electrons. The molecule has 11 heteroatoms. The summed E-state index contributed by atoms with van der Waals surface area (Å²) < 4.78 is 66.5. The van der Waals surface area contributed by atoms with E-state index in [1.165, 1.54) is 42.5 Å². The Morgan fingerprint density at radius 3 is 2.21 bits per heavy atom. The molecule has 0 spiro atoms. The third-order valence-corrected chi connectivity index (χ3v) is 6.09. The molecule has 0 fully saturated rings. The van der Waals surface area contributed by atoms with Crippen molar-refractivity contribution < 1.29 is 26.0 Å². The fraction of sp³-hybridized carbons (Fsp3) is 0.176. The molecule has 0 aromatic heterocycles. The average Bonchev–Trinajstić information content (AvgIpc) is 2.59. The molecule has 7 nitrogen and oxygen atoms in total. The van der Waals surface area contributed by atoms with Crippen molar-refractivity contribution in [1.82, 2.24) is 0 Å². The number of nitrogens with two attached hydrogens (primary N) is 2. The van der Waals surface area contributed by atoms with Crippen LogP contribution in [0.25, 0.3) is 0 Å². The number of hydrogen-bond acceptors (Lipinski definition) is 6. The molecular weight excluding hydrogens is 431 g/mol. The van der Waals surface area contributed by atoms with Gasteiger partial charge in [-0.15, -0.1) is 12.4 Å². The minimum atomic E-state index is -3.96. The van der Waals surface area contributed by atoms with Gasteiger partial charge in [0.15, 0.2) is 9.84 Å². The highest BCUT2D eigenvalue weighted by atomic mass is 35.5. The van der Waals surface area contributed by atoms with Crippen molar-refractivity contribution in [3.8, 4) is 5.75 Å². The van der Waals surface area contributed by atoms with Crippen LogP contribution >= 0.6 is 12.4 Å². The monoisotopic (exact) mass is 450 g/mol. The summed E-state index contributed by atoms with van der Waals surface area (Å²) in [6.45, 7) is -0.118. The summed E-state index contributed by atoms with van der Waals surface area (Å²) in [4.78, 5) is -0.192. The van der Waals surface area contributed by atoms with Crippen LogP contribution in [0.2, 0.25) is 0 Å². The lowest BCUT2D eigenvalue weighted by Crippen LogP contribution is -2.12. The molecule has 0 saturated carbocycles. The summed E-state index contributed by atoms with van der Waals surface area (Å²) in [5.41, 5.74) is 5.79. The summed E-state index contributed by atoms with van der Waals surface area (Å²) in [5.74, 6) is -1.59. The lowest BCUT2D eigenvalue weighted by atomic mass is 10.2. The molecule has 0 aliphatic heterocycles. The van der Waals surface area contributed by atoms with E-state index in [4.69, 9.17) is 15.6 Å². The standard InChI is InChI=1S/C17H19FN2O5S2.ClH/c18-14(9-10-19)12-26(21,22)17-4-2-1-3-16(17)25-11-13-5-7-15(8-6-13)27(20,23)24;/h1-9H,10-12,19H2,(H2,20,23,24);1H. The van der Waals surface area contributed by atoms with Crippen LogP contribution in [0, 0.1) is 0 Å². The Bertz CT molecular complexity index is 1040. The van der Waals surface area contributed by atoms with Crippen LogP contribution in [0.1, 0.15) is 5.56 Å². The highest BCUT2D eigenvalue weighted by Gasteiger charge is 2.21. The second-order valence-corrected chi connectivity index (χ2v) is 9.09. The molecule has 0 aliphatic carbocycles. The van der Waals surface area contributed by atoms with Gasteiger partial charge < -0.3 is 10.5 Å². The molecule has 2 rings (SSSR count). The van der Waals surface area contributed by atoms with E-state index < -0.39 is 31.4 Å². The number of rotatable bonds is 8. The van der Waals surface area contributed by atoms with Crippen molar-refractivity contribution in [2.75, 3.05) is 12.3 Å². The molecule has 0 aliphatic rings. The molecule has 4 N–H and O–H groups in total. The van der Waals surface area contributed by atoms with Crippen LogP contribution in [0.5, 0.6) is 5.75 Å². The van der Waals surface area contributed by atoms with Crippen molar-refractivity contribution >= 4 is 32.3 Å². The number of para-hydroxylation sites is 1. The highest BCUT2D eigenvalue weighted by molar-refractivity contribution is 7.91. The van der Waals surface area contributed by atoms with Crippen molar-refractivity contribution in [3.63, 3.8) is 0 Å². The fourth-order valence-corrected chi connectivity index (χ4v) is 4.08. The van der Waals surface area contributed by atoms with Crippen LogP contribution < -0.4 is 15.6 Å². The Morgan fingerprint density at radius 1 is 1.04 bits per heavy atom. The van der Waals surface area contributed by atoms with Crippen molar-refractivity contribution in [3.05, 3.63) is 66.0 Å². The number of hydrogen-bond donors (Lipinski definition) is 2. The molecule has 2 aromatic rings. The van der Waals surface area contributed by atoms with Crippen LogP contribution in [-0.2, 0) is 26.5 Å². The first-order valence-electron chi connectivity index (χ1n) is 7.74. The number of primary sulfonamides is 1. The van der Waals surface area contributed by atoms with Gasteiger partial charge in [0.1, 0.15) is 28.8 Å². The summed E-state index contributed by atoms with van der Waals surface area (Å²) >= 11 is 0. The second-order valence-electron chi connectivity index (χ2n) is 5.57. The van der Waals surface area contributed by atoms with Crippen LogP contribution in [0.15, 0.2) is 70.2 Å².